The fourth-order valence-electron chi connectivity index (χ4n) is 2.73. The Hall–Kier alpha value is -2.22. The summed E-state index contributed by atoms with van der Waals surface area (Å²) in [6, 6.07) is 6.65. The molecule has 0 aliphatic carbocycles. The third kappa shape index (κ3) is 2.61. The quantitative estimate of drug-likeness (QED) is 0.823. The van der Waals surface area contributed by atoms with E-state index in [0.717, 1.165) is 0 Å². The number of rotatable bonds is 2. The van der Waals surface area contributed by atoms with E-state index in [-0.39, 0.29) is 22.8 Å². The van der Waals surface area contributed by atoms with E-state index in [1.807, 2.05) is 0 Å². The minimum absolute atomic E-state index is 0.0591. The molecular weight excluding hydrogens is 306 g/mol. The molecule has 1 atom stereocenters. The predicted octanol–water partition coefficient (Wildman–Crippen LogP) is 0.230. The van der Waals surface area contributed by atoms with E-state index in [9.17, 15) is 18.0 Å². The first-order valence-corrected chi connectivity index (χ1v) is 8.62. The van der Waals surface area contributed by atoms with Crippen molar-refractivity contribution in [3.8, 4) is 0 Å². The van der Waals surface area contributed by atoms with Crippen LogP contribution in [0.5, 0.6) is 0 Å². The first kappa shape index (κ1) is 14.7. The normalized spacial score (nSPS) is 23.5. The average molecular weight is 321 g/mol. The van der Waals surface area contributed by atoms with Gasteiger partial charge in [0.2, 0.25) is 0 Å². The van der Waals surface area contributed by atoms with Gasteiger partial charge in [-0.15, -0.1) is 0 Å². The molecule has 0 saturated carbocycles. The minimum atomic E-state index is -3.12. The largest absolute Gasteiger partial charge is 0.344 e. The van der Waals surface area contributed by atoms with Crippen molar-refractivity contribution in [2.45, 2.75) is 18.9 Å². The number of carbonyl (C=O) groups is 1. The summed E-state index contributed by atoms with van der Waals surface area (Å²) in [6.07, 6.45) is 0.363. The summed E-state index contributed by atoms with van der Waals surface area (Å²) >= 11 is 0. The SMILES string of the molecule is C[C@@]1(NC(=O)c2n[nH]c(=O)c3ccccc23)CCS(=O)(=O)C1. The van der Waals surface area contributed by atoms with E-state index in [1.165, 1.54) is 0 Å². The molecule has 3 rings (SSSR count). The second-order valence-corrected chi connectivity index (χ2v) is 7.99. The number of hydrogen-bond acceptors (Lipinski definition) is 5. The third-order valence-electron chi connectivity index (χ3n) is 3.83. The molecule has 1 saturated heterocycles. The summed E-state index contributed by atoms with van der Waals surface area (Å²) in [5, 5.41) is 9.65. The van der Waals surface area contributed by atoms with Gasteiger partial charge in [-0.3, -0.25) is 9.59 Å². The Kier molecular flexibility index (Phi) is 3.28. The smallest absolute Gasteiger partial charge is 0.272 e. The van der Waals surface area contributed by atoms with Crippen LogP contribution in [0.4, 0.5) is 0 Å². The van der Waals surface area contributed by atoms with Crippen LogP contribution >= 0.6 is 0 Å². The lowest BCUT2D eigenvalue weighted by atomic mass is 10.0. The van der Waals surface area contributed by atoms with E-state index in [2.05, 4.69) is 15.5 Å². The molecule has 0 radical (unpaired) electrons. The van der Waals surface area contributed by atoms with E-state index in [0.29, 0.717) is 17.2 Å². The number of fused-ring (bicyclic) bond motifs is 1. The second-order valence-electron chi connectivity index (χ2n) is 5.80. The number of sulfone groups is 1. The van der Waals surface area contributed by atoms with Gasteiger partial charge in [0.15, 0.2) is 15.5 Å². The summed E-state index contributed by atoms with van der Waals surface area (Å²) in [5.74, 6) is -0.525. The molecule has 2 heterocycles. The minimum Gasteiger partial charge on any atom is -0.344 e. The molecule has 7 nitrogen and oxygen atoms in total. The number of hydrogen-bond donors (Lipinski definition) is 2. The molecule has 1 aliphatic heterocycles. The molecule has 0 unspecified atom stereocenters. The van der Waals surface area contributed by atoms with Gasteiger partial charge in [0.1, 0.15) is 0 Å². The number of H-pyrrole nitrogens is 1. The number of carbonyl (C=O) groups excluding carboxylic acids is 1. The highest BCUT2D eigenvalue weighted by molar-refractivity contribution is 7.91. The molecule has 1 amide bonds. The van der Waals surface area contributed by atoms with Crippen molar-refractivity contribution in [2.75, 3.05) is 11.5 Å². The Labute approximate surface area is 126 Å². The van der Waals surface area contributed by atoms with Gasteiger partial charge in [-0.05, 0) is 19.4 Å². The highest BCUT2D eigenvalue weighted by Crippen LogP contribution is 2.23. The number of aromatic amines is 1. The first-order chi connectivity index (χ1) is 10.3. The Balaban J connectivity index is 1.97. The van der Waals surface area contributed by atoms with Crippen molar-refractivity contribution in [2.24, 2.45) is 0 Å². The van der Waals surface area contributed by atoms with E-state index in [4.69, 9.17) is 0 Å². The van der Waals surface area contributed by atoms with E-state index >= 15 is 0 Å². The van der Waals surface area contributed by atoms with Crippen LogP contribution < -0.4 is 10.9 Å². The van der Waals surface area contributed by atoms with Gasteiger partial charge >= 0.3 is 0 Å². The van der Waals surface area contributed by atoms with Gasteiger partial charge in [0.25, 0.3) is 11.5 Å². The standard InChI is InChI=1S/C14H15N3O4S/c1-14(6-7-22(20,21)8-14)15-13(19)11-9-4-2-3-5-10(9)12(18)17-16-11/h2-5H,6-8H2,1H3,(H,15,19)(H,17,18)/t14-/m1/s1. The number of amides is 1. The fourth-order valence-corrected chi connectivity index (χ4v) is 4.82. The van der Waals surface area contributed by atoms with Gasteiger partial charge in [-0.2, -0.15) is 5.10 Å². The van der Waals surface area contributed by atoms with Crippen LogP contribution in [0, 0.1) is 0 Å². The third-order valence-corrected chi connectivity index (χ3v) is 5.73. The highest BCUT2D eigenvalue weighted by Gasteiger charge is 2.40. The van der Waals surface area contributed by atoms with Crippen molar-refractivity contribution in [1.29, 1.82) is 0 Å². The number of benzene rings is 1. The maximum absolute atomic E-state index is 12.5. The maximum Gasteiger partial charge on any atom is 0.272 e. The number of nitrogens with zero attached hydrogens (tertiary/aromatic N) is 1. The molecule has 1 aliphatic rings. The van der Waals surface area contributed by atoms with Gasteiger partial charge in [0, 0.05) is 5.39 Å². The molecule has 1 aromatic carbocycles. The zero-order valence-electron chi connectivity index (χ0n) is 11.9. The van der Waals surface area contributed by atoms with Crippen molar-refractivity contribution >= 4 is 26.5 Å². The molecule has 1 fully saturated rings. The molecule has 116 valence electrons. The molecule has 1 aromatic heterocycles. The highest BCUT2D eigenvalue weighted by atomic mass is 32.2. The van der Waals surface area contributed by atoms with Gasteiger partial charge in [0.05, 0.1) is 22.4 Å². The van der Waals surface area contributed by atoms with Crippen LogP contribution in [0.1, 0.15) is 23.8 Å². The molecule has 22 heavy (non-hydrogen) atoms. The lowest BCUT2D eigenvalue weighted by molar-refractivity contribution is 0.0911. The molecule has 2 N–H and O–H groups in total. The van der Waals surface area contributed by atoms with Crippen LogP contribution in [0.15, 0.2) is 29.1 Å². The van der Waals surface area contributed by atoms with Gasteiger partial charge < -0.3 is 5.32 Å². The first-order valence-electron chi connectivity index (χ1n) is 6.80. The Morgan fingerprint density at radius 2 is 2.00 bits per heavy atom. The lowest BCUT2D eigenvalue weighted by Gasteiger charge is -2.23. The Bertz CT molecular complexity index is 919. The second kappa shape index (κ2) is 4.91. The van der Waals surface area contributed by atoms with Crippen molar-refractivity contribution in [1.82, 2.24) is 15.5 Å². The Morgan fingerprint density at radius 1 is 1.32 bits per heavy atom. The summed E-state index contributed by atoms with van der Waals surface area (Å²) in [7, 11) is -3.12. The summed E-state index contributed by atoms with van der Waals surface area (Å²) in [4.78, 5) is 24.2. The predicted molar refractivity (Wildman–Crippen MR) is 81.5 cm³/mol. The van der Waals surface area contributed by atoms with Crippen LogP contribution in [0.3, 0.4) is 0 Å². The van der Waals surface area contributed by atoms with E-state index in [1.54, 1.807) is 31.2 Å². The topological polar surface area (TPSA) is 109 Å². The van der Waals surface area contributed by atoms with Crippen LogP contribution in [-0.4, -0.2) is 41.6 Å². The summed E-state index contributed by atoms with van der Waals surface area (Å²) < 4.78 is 23.2. The van der Waals surface area contributed by atoms with Crippen molar-refractivity contribution < 1.29 is 13.2 Å². The van der Waals surface area contributed by atoms with Gasteiger partial charge in [-0.25, -0.2) is 13.5 Å². The molecule has 8 heteroatoms. The van der Waals surface area contributed by atoms with E-state index < -0.39 is 21.3 Å². The Morgan fingerprint density at radius 3 is 2.64 bits per heavy atom. The monoisotopic (exact) mass is 321 g/mol. The van der Waals surface area contributed by atoms with Crippen LogP contribution in [-0.2, 0) is 9.84 Å². The zero-order valence-corrected chi connectivity index (χ0v) is 12.7. The average Bonchev–Trinajstić information content (AvgIpc) is 2.73. The number of nitrogens with one attached hydrogen (secondary N) is 2. The molecule has 0 bridgehead atoms. The summed E-state index contributed by atoms with van der Waals surface area (Å²) in [5.41, 5.74) is -1.10. The van der Waals surface area contributed by atoms with Crippen LogP contribution in [0.25, 0.3) is 10.8 Å². The molecule has 0 spiro atoms. The lowest BCUT2D eigenvalue weighted by Crippen LogP contribution is -2.47. The van der Waals surface area contributed by atoms with Crippen molar-refractivity contribution in [3.63, 3.8) is 0 Å². The maximum atomic E-state index is 12.5. The fraction of sp³-hybridized carbons (Fsp3) is 0.357. The molecule has 2 aromatic rings. The summed E-state index contributed by atoms with van der Waals surface area (Å²) in [6.45, 7) is 1.70. The molecular formula is C14H15N3O4S. The van der Waals surface area contributed by atoms with Crippen molar-refractivity contribution in [3.05, 3.63) is 40.3 Å². The zero-order chi connectivity index (χ0) is 16.0. The van der Waals surface area contributed by atoms with Gasteiger partial charge in [-0.1, -0.05) is 18.2 Å². The number of aromatic nitrogens is 2. The van der Waals surface area contributed by atoms with Crippen LogP contribution in [0.2, 0.25) is 0 Å².